The van der Waals surface area contributed by atoms with Crippen LogP contribution in [0.15, 0.2) is 24.3 Å². The molecule has 4 N–H and O–H groups in total. The van der Waals surface area contributed by atoms with E-state index >= 15 is 0 Å². The van der Waals surface area contributed by atoms with Crippen molar-refractivity contribution in [2.24, 2.45) is 0 Å². The van der Waals surface area contributed by atoms with Crippen LogP contribution in [-0.2, 0) is 6.61 Å². The van der Waals surface area contributed by atoms with Gasteiger partial charge in [-0.2, -0.15) is 0 Å². The Hall–Kier alpha value is -1.06. The van der Waals surface area contributed by atoms with Gasteiger partial charge in [0, 0.05) is 0 Å². The minimum atomic E-state index is -0.163. The Kier molecular flexibility index (Phi) is 4.26. The number of rotatable bonds is 2. The maximum Gasteiger partial charge on any atom is 0.118 e. The fourth-order valence-electron chi connectivity index (χ4n) is 0.722. The van der Waals surface area contributed by atoms with E-state index in [4.69, 9.17) is 4.74 Å². The molecule has 3 heteroatoms. The normalized spacial score (nSPS) is 8.55. The minimum Gasteiger partial charge on any atom is -0.851 e. The van der Waals surface area contributed by atoms with Crippen LogP contribution in [0.4, 0.5) is 0 Å². The standard InChI is InChI=1S/C8H9O2.H3N/c1-10-8-4-2-7(6-9)3-5-8;/h2-5H,6H2,1H3;1H3/q-1;/p+1. The molecule has 0 heterocycles. The molecule has 0 aliphatic carbocycles. The van der Waals surface area contributed by atoms with Gasteiger partial charge >= 0.3 is 0 Å². The monoisotopic (exact) mass is 155 g/mol. The van der Waals surface area contributed by atoms with Crippen LogP contribution in [0.5, 0.6) is 5.75 Å². The quantitative estimate of drug-likeness (QED) is 0.690. The van der Waals surface area contributed by atoms with Crippen LogP contribution in [0.25, 0.3) is 0 Å². The van der Waals surface area contributed by atoms with E-state index in [-0.39, 0.29) is 12.8 Å². The lowest BCUT2D eigenvalue weighted by molar-refractivity contribution is -0.386. The molecule has 0 amide bonds. The highest BCUT2D eigenvalue weighted by atomic mass is 16.5. The van der Waals surface area contributed by atoms with E-state index in [0.717, 1.165) is 11.3 Å². The van der Waals surface area contributed by atoms with Crippen molar-refractivity contribution < 1.29 is 9.84 Å². The van der Waals surface area contributed by atoms with E-state index in [0.29, 0.717) is 0 Å². The summed E-state index contributed by atoms with van der Waals surface area (Å²) in [5.41, 5.74) is 0.792. The smallest absolute Gasteiger partial charge is 0.118 e. The maximum atomic E-state index is 10.3. The van der Waals surface area contributed by atoms with Gasteiger partial charge < -0.3 is 16.0 Å². The highest BCUT2D eigenvalue weighted by molar-refractivity contribution is 5.26. The molecule has 0 saturated heterocycles. The van der Waals surface area contributed by atoms with Gasteiger partial charge in [0.2, 0.25) is 0 Å². The van der Waals surface area contributed by atoms with Crippen molar-refractivity contribution >= 4 is 0 Å². The summed E-state index contributed by atoms with van der Waals surface area (Å²) >= 11 is 0. The van der Waals surface area contributed by atoms with E-state index in [1.807, 2.05) is 0 Å². The second-order valence-corrected chi connectivity index (χ2v) is 1.99. The van der Waals surface area contributed by atoms with Crippen LogP contribution in [0.2, 0.25) is 0 Å². The van der Waals surface area contributed by atoms with Gasteiger partial charge in [-0.3, -0.25) is 0 Å². The topological polar surface area (TPSA) is 68.8 Å². The average molecular weight is 155 g/mol. The lowest BCUT2D eigenvalue weighted by Crippen LogP contribution is -2.01. The predicted octanol–water partition coefficient (Wildman–Crippen LogP) is 0.932. The summed E-state index contributed by atoms with van der Waals surface area (Å²) in [5, 5.41) is 10.3. The number of benzene rings is 1. The molecule has 0 aliphatic heterocycles. The maximum absolute atomic E-state index is 10.3. The zero-order valence-electron chi connectivity index (χ0n) is 6.83. The molecule has 0 aromatic heterocycles. The fraction of sp³-hybridized carbons (Fsp3) is 0.250. The van der Waals surface area contributed by atoms with Crippen molar-refractivity contribution in [1.29, 1.82) is 0 Å². The van der Waals surface area contributed by atoms with E-state index in [2.05, 4.69) is 0 Å². The minimum absolute atomic E-state index is 0. The summed E-state index contributed by atoms with van der Waals surface area (Å²) in [5.74, 6) is 0.789. The summed E-state index contributed by atoms with van der Waals surface area (Å²) in [6.45, 7) is -0.163. The lowest BCUT2D eigenvalue weighted by atomic mass is 10.2. The molecule has 1 aromatic carbocycles. The third kappa shape index (κ3) is 2.57. The SMILES string of the molecule is COc1ccc(C[O-])cc1.[NH4+]. The largest absolute Gasteiger partial charge is 0.851 e. The molecule has 3 nitrogen and oxygen atoms in total. The van der Waals surface area contributed by atoms with Gasteiger partial charge in [-0.25, -0.2) is 0 Å². The fourth-order valence-corrected chi connectivity index (χ4v) is 0.722. The van der Waals surface area contributed by atoms with Gasteiger partial charge in [-0.05, 0) is 12.1 Å². The van der Waals surface area contributed by atoms with Crippen molar-refractivity contribution in [3.63, 3.8) is 0 Å². The highest BCUT2D eigenvalue weighted by Gasteiger charge is 1.86. The summed E-state index contributed by atoms with van der Waals surface area (Å²) in [6, 6.07) is 7.11. The van der Waals surface area contributed by atoms with Gasteiger partial charge in [0.1, 0.15) is 5.75 Å². The van der Waals surface area contributed by atoms with Crippen LogP contribution in [0.3, 0.4) is 0 Å². The molecule has 0 unspecified atom stereocenters. The predicted molar refractivity (Wildman–Crippen MR) is 42.7 cm³/mol. The van der Waals surface area contributed by atoms with Crippen molar-refractivity contribution in [3.05, 3.63) is 29.8 Å². The summed E-state index contributed by atoms with van der Waals surface area (Å²) in [4.78, 5) is 0. The number of hydrogen-bond donors (Lipinski definition) is 1. The highest BCUT2D eigenvalue weighted by Crippen LogP contribution is 2.09. The second-order valence-electron chi connectivity index (χ2n) is 1.99. The summed E-state index contributed by atoms with van der Waals surface area (Å²) in [7, 11) is 1.60. The molecule has 11 heavy (non-hydrogen) atoms. The first-order valence-corrected chi connectivity index (χ1v) is 3.08. The Morgan fingerprint density at radius 3 is 2.18 bits per heavy atom. The van der Waals surface area contributed by atoms with Gasteiger partial charge in [0.05, 0.1) is 7.11 Å². The number of quaternary nitrogens is 1. The molecule has 0 spiro atoms. The molecule has 0 bridgehead atoms. The molecule has 0 radical (unpaired) electrons. The van der Waals surface area contributed by atoms with Gasteiger partial charge in [-0.1, -0.05) is 17.7 Å². The summed E-state index contributed by atoms with van der Waals surface area (Å²) < 4.78 is 4.91. The van der Waals surface area contributed by atoms with Crippen molar-refractivity contribution in [1.82, 2.24) is 6.15 Å². The van der Waals surface area contributed by atoms with Crippen LogP contribution < -0.4 is 16.0 Å². The first kappa shape index (κ1) is 9.94. The Bertz CT molecular complexity index is 173. The number of hydrogen-bond acceptors (Lipinski definition) is 2. The zero-order valence-corrected chi connectivity index (χ0v) is 6.83. The number of methoxy groups -OCH3 is 1. The molecule has 0 aliphatic rings. The van der Waals surface area contributed by atoms with Crippen molar-refractivity contribution in [3.8, 4) is 5.75 Å². The van der Waals surface area contributed by atoms with Crippen molar-refractivity contribution in [2.75, 3.05) is 7.11 Å². The van der Waals surface area contributed by atoms with Gasteiger partial charge in [-0.15, -0.1) is 6.61 Å². The third-order valence-electron chi connectivity index (χ3n) is 1.33. The molecule has 0 saturated carbocycles. The van der Waals surface area contributed by atoms with Crippen LogP contribution >= 0.6 is 0 Å². The van der Waals surface area contributed by atoms with Crippen LogP contribution in [0, 0.1) is 0 Å². The molecule has 1 rings (SSSR count). The second kappa shape index (κ2) is 4.71. The Labute approximate surface area is 66.2 Å². The Morgan fingerprint density at radius 1 is 1.27 bits per heavy atom. The first-order valence-electron chi connectivity index (χ1n) is 3.08. The van der Waals surface area contributed by atoms with E-state index < -0.39 is 0 Å². The molecule has 62 valence electrons. The van der Waals surface area contributed by atoms with Crippen LogP contribution in [0.1, 0.15) is 5.56 Å². The Balaban J connectivity index is 0.000001000. The van der Waals surface area contributed by atoms with E-state index in [1.54, 1.807) is 31.4 Å². The average Bonchev–Trinajstić information content (AvgIpc) is 2.05. The molecule has 0 atom stereocenters. The molecular formula is C8H13NO2. The van der Waals surface area contributed by atoms with E-state index in [9.17, 15) is 5.11 Å². The summed E-state index contributed by atoms with van der Waals surface area (Å²) in [6.07, 6.45) is 0. The molecular weight excluding hydrogens is 142 g/mol. The lowest BCUT2D eigenvalue weighted by Gasteiger charge is -2.04. The third-order valence-corrected chi connectivity index (χ3v) is 1.33. The van der Waals surface area contributed by atoms with Crippen molar-refractivity contribution in [2.45, 2.75) is 6.61 Å². The van der Waals surface area contributed by atoms with Gasteiger partial charge in [0.15, 0.2) is 0 Å². The number of ether oxygens (including phenoxy) is 1. The molecule has 0 fully saturated rings. The van der Waals surface area contributed by atoms with E-state index in [1.165, 1.54) is 0 Å². The van der Waals surface area contributed by atoms with Crippen LogP contribution in [-0.4, -0.2) is 7.11 Å². The Morgan fingerprint density at radius 2 is 1.82 bits per heavy atom. The first-order chi connectivity index (χ1) is 4.86. The zero-order chi connectivity index (χ0) is 7.40. The van der Waals surface area contributed by atoms with Gasteiger partial charge in [0.25, 0.3) is 0 Å². The molecule has 1 aromatic rings.